The summed E-state index contributed by atoms with van der Waals surface area (Å²) in [6.07, 6.45) is 4.28. The third kappa shape index (κ3) is 3.21. The summed E-state index contributed by atoms with van der Waals surface area (Å²) in [5.41, 5.74) is 0.981. The number of fused-ring (bicyclic) bond motifs is 1. The molecule has 0 fully saturated rings. The van der Waals surface area contributed by atoms with Gasteiger partial charge in [-0.05, 0) is 25.1 Å². The minimum Gasteiger partial charge on any atom is -0.383 e. The fourth-order valence-electron chi connectivity index (χ4n) is 2.08. The van der Waals surface area contributed by atoms with Gasteiger partial charge in [0.15, 0.2) is 0 Å². The summed E-state index contributed by atoms with van der Waals surface area (Å²) in [4.78, 5) is 14.6. The molecule has 0 atom stereocenters. The smallest absolute Gasteiger partial charge is 0.278 e. The van der Waals surface area contributed by atoms with Gasteiger partial charge in [0, 0.05) is 42.6 Å². The molecule has 0 bridgehead atoms. The Morgan fingerprint density at radius 2 is 2.05 bits per heavy atom. The molecule has 1 aromatic heterocycles. The van der Waals surface area contributed by atoms with Crippen molar-refractivity contribution in [3.05, 3.63) is 40.7 Å². The predicted octanol–water partition coefficient (Wildman–Crippen LogP) is 2.55. The van der Waals surface area contributed by atoms with E-state index in [1.54, 1.807) is 18.3 Å². The average Bonchev–Trinajstić information content (AvgIpc) is 2.46. The molecule has 2 rings (SSSR count). The highest BCUT2D eigenvalue weighted by atomic mass is 16.6. The number of nitrogens with one attached hydrogen (secondary N) is 2. The number of benzene rings is 1. The number of nitro benzene ring substituents is 1. The van der Waals surface area contributed by atoms with Crippen LogP contribution in [0, 0.1) is 10.1 Å². The zero-order valence-electron chi connectivity index (χ0n) is 11.4. The van der Waals surface area contributed by atoms with Crippen molar-refractivity contribution in [2.75, 3.05) is 25.0 Å². The first kappa shape index (κ1) is 14.2. The zero-order chi connectivity index (χ0) is 14.4. The third-order valence-corrected chi connectivity index (χ3v) is 3.04. The highest BCUT2D eigenvalue weighted by Gasteiger charge is 2.13. The van der Waals surface area contributed by atoms with Crippen LogP contribution in [0.25, 0.3) is 10.8 Å². The number of hydrogen-bond acceptors (Lipinski definition) is 5. The summed E-state index contributed by atoms with van der Waals surface area (Å²) < 4.78 is 0. The van der Waals surface area contributed by atoms with Crippen LogP contribution in [0.1, 0.15) is 13.3 Å². The molecule has 6 nitrogen and oxygen atoms in total. The molecule has 20 heavy (non-hydrogen) atoms. The standard InChI is InChI=1S/C14H18N4O2/c1-2-6-15-8-9-17-13-3-4-14(18(19)20)12-10-16-7-5-11(12)13/h3-5,7,10,15,17H,2,6,8-9H2,1H3. The van der Waals surface area contributed by atoms with Crippen LogP contribution in [0.15, 0.2) is 30.6 Å². The minimum atomic E-state index is -0.378. The lowest BCUT2D eigenvalue weighted by Gasteiger charge is -2.10. The molecule has 106 valence electrons. The second kappa shape index (κ2) is 6.81. The molecule has 0 aliphatic carbocycles. The SMILES string of the molecule is CCCNCCNc1ccc([N+](=O)[O-])c2cnccc12. The number of rotatable bonds is 7. The Morgan fingerprint density at radius 1 is 1.20 bits per heavy atom. The molecule has 0 saturated heterocycles. The quantitative estimate of drug-likeness (QED) is 0.461. The van der Waals surface area contributed by atoms with Gasteiger partial charge < -0.3 is 10.6 Å². The van der Waals surface area contributed by atoms with Gasteiger partial charge in [-0.3, -0.25) is 15.1 Å². The molecule has 0 saturated carbocycles. The molecule has 1 aromatic carbocycles. The van der Waals surface area contributed by atoms with Gasteiger partial charge in [-0.1, -0.05) is 6.92 Å². The zero-order valence-corrected chi connectivity index (χ0v) is 11.4. The van der Waals surface area contributed by atoms with Gasteiger partial charge in [0.05, 0.1) is 10.3 Å². The average molecular weight is 274 g/mol. The molecule has 0 aliphatic heterocycles. The number of hydrogen-bond donors (Lipinski definition) is 2. The number of non-ortho nitro benzene ring substituents is 1. The largest absolute Gasteiger partial charge is 0.383 e. The molecular weight excluding hydrogens is 256 g/mol. The molecule has 2 aromatic rings. The maximum atomic E-state index is 11.0. The fraction of sp³-hybridized carbons (Fsp3) is 0.357. The molecule has 0 radical (unpaired) electrons. The van der Waals surface area contributed by atoms with Crippen molar-refractivity contribution in [3.63, 3.8) is 0 Å². The molecule has 0 unspecified atom stereocenters. The van der Waals surface area contributed by atoms with Crippen LogP contribution in [0.5, 0.6) is 0 Å². The number of nitro groups is 1. The van der Waals surface area contributed by atoms with E-state index in [4.69, 9.17) is 0 Å². The molecule has 0 aliphatic rings. The van der Waals surface area contributed by atoms with Gasteiger partial charge >= 0.3 is 0 Å². The van der Waals surface area contributed by atoms with E-state index >= 15 is 0 Å². The van der Waals surface area contributed by atoms with Crippen molar-refractivity contribution in [2.24, 2.45) is 0 Å². The van der Waals surface area contributed by atoms with Crippen LogP contribution in [0.3, 0.4) is 0 Å². The van der Waals surface area contributed by atoms with Gasteiger partial charge in [-0.2, -0.15) is 0 Å². The van der Waals surface area contributed by atoms with Crippen LogP contribution in [0.4, 0.5) is 11.4 Å². The van der Waals surface area contributed by atoms with Crippen LogP contribution in [-0.4, -0.2) is 29.5 Å². The highest BCUT2D eigenvalue weighted by molar-refractivity contribution is 5.99. The summed E-state index contributed by atoms with van der Waals surface area (Å²) in [6, 6.07) is 5.07. The van der Waals surface area contributed by atoms with Crippen LogP contribution >= 0.6 is 0 Å². The summed E-state index contributed by atoms with van der Waals surface area (Å²) in [7, 11) is 0. The van der Waals surface area contributed by atoms with Gasteiger partial charge in [-0.25, -0.2) is 0 Å². The van der Waals surface area contributed by atoms with Gasteiger partial charge in [-0.15, -0.1) is 0 Å². The lowest BCUT2D eigenvalue weighted by Crippen LogP contribution is -2.22. The van der Waals surface area contributed by atoms with Crippen LogP contribution < -0.4 is 10.6 Å². The van der Waals surface area contributed by atoms with Crippen LogP contribution in [0.2, 0.25) is 0 Å². The van der Waals surface area contributed by atoms with E-state index in [-0.39, 0.29) is 10.6 Å². The Hall–Kier alpha value is -2.21. The predicted molar refractivity (Wildman–Crippen MR) is 80.0 cm³/mol. The maximum Gasteiger partial charge on any atom is 0.278 e. The van der Waals surface area contributed by atoms with E-state index in [1.165, 1.54) is 12.3 Å². The molecule has 1 heterocycles. The van der Waals surface area contributed by atoms with E-state index in [9.17, 15) is 10.1 Å². The lowest BCUT2D eigenvalue weighted by atomic mass is 10.1. The van der Waals surface area contributed by atoms with Crippen molar-refractivity contribution in [3.8, 4) is 0 Å². The molecule has 2 N–H and O–H groups in total. The fourth-order valence-corrected chi connectivity index (χ4v) is 2.08. The monoisotopic (exact) mass is 274 g/mol. The Labute approximate surface area is 117 Å². The van der Waals surface area contributed by atoms with Crippen molar-refractivity contribution in [2.45, 2.75) is 13.3 Å². The van der Waals surface area contributed by atoms with E-state index in [1.807, 2.05) is 0 Å². The molecule has 6 heteroatoms. The lowest BCUT2D eigenvalue weighted by molar-refractivity contribution is -0.383. The number of anilines is 1. The summed E-state index contributed by atoms with van der Waals surface area (Å²) >= 11 is 0. The second-order valence-corrected chi connectivity index (χ2v) is 4.49. The van der Waals surface area contributed by atoms with Gasteiger partial charge in [0.25, 0.3) is 5.69 Å². The van der Waals surface area contributed by atoms with Crippen molar-refractivity contribution in [1.29, 1.82) is 0 Å². The normalized spacial score (nSPS) is 10.7. The van der Waals surface area contributed by atoms with E-state index in [2.05, 4.69) is 22.5 Å². The summed E-state index contributed by atoms with van der Waals surface area (Å²) in [5, 5.41) is 19.0. The van der Waals surface area contributed by atoms with Crippen molar-refractivity contribution < 1.29 is 4.92 Å². The van der Waals surface area contributed by atoms with Gasteiger partial charge in [0.2, 0.25) is 0 Å². The first-order valence-corrected chi connectivity index (χ1v) is 6.69. The third-order valence-electron chi connectivity index (χ3n) is 3.04. The minimum absolute atomic E-state index is 0.0859. The molecular formula is C14H18N4O2. The number of nitrogens with zero attached hydrogens (tertiary/aromatic N) is 2. The molecule has 0 spiro atoms. The first-order valence-electron chi connectivity index (χ1n) is 6.69. The second-order valence-electron chi connectivity index (χ2n) is 4.49. The summed E-state index contributed by atoms with van der Waals surface area (Å²) in [6.45, 7) is 4.75. The topological polar surface area (TPSA) is 80.1 Å². The van der Waals surface area contributed by atoms with E-state index in [0.717, 1.165) is 37.1 Å². The Bertz CT molecular complexity index is 601. The number of aromatic nitrogens is 1. The van der Waals surface area contributed by atoms with E-state index in [0.29, 0.717) is 5.39 Å². The highest BCUT2D eigenvalue weighted by Crippen LogP contribution is 2.30. The first-order chi connectivity index (χ1) is 9.74. The maximum absolute atomic E-state index is 11.0. The van der Waals surface area contributed by atoms with Gasteiger partial charge in [0.1, 0.15) is 0 Å². The molecule has 0 amide bonds. The van der Waals surface area contributed by atoms with Crippen molar-refractivity contribution in [1.82, 2.24) is 10.3 Å². The Balaban J connectivity index is 2.18. The van der Waals surface area contributed by atoms with Crippen molar-refractivity contribution >= 4 is 22.1 Å². The van der Waals surface area contributed by atoms with Crippen LogP contribution in [-0.2, 0) is 0 Å². The summed E-state index contributed by atoms with van der Waals surface area (Å²) in [5.74, 6) is 0. The Morgan fingerprint density at radius 3 is 2.80 bits per heavy atom. The number of pyridine rings is 1. The van der Waals surface area contributed by atoms with E-state index < -0.39 is 0 Å². The Kier molecular flexibility index (Phi) is 4.84.